The van der Waals surface area contributed by atoms with E-state index in [0.717, 1.165) is 8.96 Å². The molecular weight excluding hydrogens is 291 g/mol. The SMILES string of the molecule is Fc1cc(Cl)cc2c(I)c[nH]c12. The van der Waals surface area contributed by atoms with Gasteiger partial charge in [0.1, 0.15) is 5.82 Å². The van der Waals surface area contributed by atoms with E-state index in [1.165, 1.54) is 6.07 Å². The average molecular weight is 295 g/mol. The summed E-state index contributed by atoms with van der Waals surface area (Å²) in [6.45, 7) is 0. The molecule has 0 amide bonds. The lowest BCUT2D eigenvalue weighted by Gasteiger charge is -1.94. The van der Waals surface area contributed by atoms with Gasteiger partial charge in [-0.25, -0.2) is 4.39 Å². The van der Waals surface area contributed by atoms with Crippen molar-refractivity contribution in [1.82, 2.24) is 4.98 Å². The van der Waals surface area contributed by atoms with E-state index >= 15 is 0 Å². The van der Waals surface area contributed by atoms with E-state index in [2.05, 4.69) is 27.6 Å². The van der Waals surface area contributed by atoms with Crippen LogP contribution in [0.15, 0.2) is 18.3 Å². The van der Waals surface area contributed by atoms with Gasteiger partial charge in [0.25, 0.3) is 0 Å². The fraction of sp³-hybridized carbons (Fsp3) is 0. The van der Waals surface area contributed by atoms with Gasteiger partial charge in [-0.2, -0.15) is 0 Å². The Morgan fingerprint density at radius 2 is 2.17 bits per heavy atom. The predicted octanol–water partition coefficient (Wildman–Crippen LogP) is 3.57. The van der Waals surface area contributed by atoms with Gasteiger partial charge in [0.05, 0.1) is 5.52 Å². The van der Waals surface area contributed by atoms with Crippen molar-refractivity contribution < 1.29 is 4.39 Å². The summed E-state index contributed by atoms with van der Waals surface area (Å²) in [5.41, 5.74) is 0.517. The minimum atomic E-state index is -0.305. The third-order valence-electron chi connectivity index (χ3n) is 1.66. The van der Waals surface area contributed by atoms with E-state index in [9.17, 15) is 4.39 Å². The molecule has 1 aromatic heterocycles. The van der Waals surface area contributed by atoms with Crippen molar-refractivity contribution in [2.24, 2.45) is 0 Å². The normalized spacial score (nSPS) is 10.9. The summed E-state index contributed by atoms with van der Waals surface area (Å²) in [7, 11) is 0. The lowest BCUT2D eigenvalue weighted by Crippen LogP contribution is -1.77. The van der Waals surface area contributed by atoms with Gasteiger partial charge in [-0.15, -0.1) is 0 Å². The number of hydrogen-bond donors (Lipinski definition) is 1. The van der Waals surface area contributed by atoms with Crippen molar-refractivity contribution in [3.05, 3.63) is 32.7 Å². The van der Waals surface area contributed by atoms with Crippen LogP contribution >= 0.6 is 34.2 Å². The number of H-pyrrole nitrogens is 1. The number of benzene rings is 1. The molecule has 0 saturated heterocycles. The van der Waals surface area contributed by atoms with Crippen LogP contribution in [0.5, 0.6) is 0 Å². The lowest BCUT2D eigenvalue weighted by molar-refractivity contribution is 0.637. The summed E-state index contributed by atoms with van der Waals surface area (Å²) in [4.78, 5) is 2.84. The number of nitrogens with one attached hydrogen (secondary N) is 1. The molecule has 0 unspecified atom stereocenters. The Kier molecular flexibility index (Phi) is 2.00. The van der Waals surface area contributed by atoms with Crippen LogP contribution in [0.25, 0.3) is 10.9 Å². The largest absolute Gasteiger partial charge is 0.358 e. The molecule has 0 radical (unpaired) electrons. The monoisotopic (exact) mass is 295 g/mol. The number of aromatic nitrogens is 1. The van der Waals surface area contributed by atoms with Gasteiger partial charge in [-0.1, -0.05) is 11.6 Å². The van der Waals surface area contributed by atoms with Gasteiger partial charge in [0.15, 0.2) is 0 Å². The van der Waals surface area contributed by atoms with Gasteiger partial charge < -0.3 is 4.98 Å². The van der Waals surface area contributed by atoms with Gasteiger partial charge in [-0.3, -0.25) is 0 Å². The van der Waals surface area contributed by atoms with Gasteiger partial charge in [0, 0.05) is 20.2 Å². The number of rotatable bonds is 0. The molecule has 0 aliphatic rings. The third-order valence-corrected chi connectivity index (χ3v) is 2.77. The zero-order valence-corrected chi connectivity index (χ0v) is 8.78. The zero-order valence-electron chi connectivity index (χ0n) is 5.87. The Balaban J connectivity index is 2.92. The molecule has 2 aromatic rings. The van der Waals surface area contributed by atoms with Crippen molar-refractivity contribution in [3.8, 4) is 0 Å². The topological polar surface area (TPSA) is 15.8 Å². The maximum absolute atomic E-state index is 13.1. The first-order valence-electron chi connectivity index (χ1n) is 3.30. The highest BCUT2D eigenvalue weighted by molar-refractivity contribution is 14.1. The molecule has 4 heteroatoms. The first-order chi connectivity index (χ1) is 5.68. The molecule has 0 aliphatic heterocycles. The summed E-state index contributed by atoms with van der Waals surface area (Å²) in [6, 6.07) is 3.05. The van der Waals surface area contributed by atoms with Crippen molar-refractivity contribution in [2.75, 3.05) is 0 Å². The second-order valence-corrected chi connectivity index (χ2v) is 4.05. The Labute approximate surface area is 87.1 Å². The number of aromatic amines is 1. The average Bonchev–Trinajstić information content (AvgIpc) is 2.33. The second-order valence-electron chi connectivity index (χ2n) is 2.45. The van der Waals surface area contributed by atoms with E-state index in [1.807, 2.05) is 0 Å². The lowest BCUT2D eigenvalue weighted by atomic mass is 10.2. The molecule has 62 valence electrons. The summed E-state index contributed by atoms with van der Waals surface area (Å²) in [5.74, 6) is -0.305. The standard InChI is InChI=1S/C8H4ClFIN/c9-4-1-5-7(11)3-12-8(5)6(10)2-4/h1-3,12H. The van der Waals surface area contributed by atoms with Crippen LogP contribution in [-0.4, -0.2) is 4.98 Å². The van der Waals surface area contributed by atoms with Crippen molar-refractivity contribution in [3.63, 3.8) is 0 Å². The predicted molar refractivity (Wildman–Crippen MR) is 56.0 cm³/mol. The molecule has 0 fully saturated rings. The maximum atomic E-state index is 13.1. The smallest absolute Gasteiger partial charge is 0.148 e. The molecule has 0 saturated carbocycles. The minimum absolute atomic E-state index is 0.305. The first kappa shape index (κ1) is 8.31. The van der Waals surface area contributed by atoms with Crippen LogP contribution in [-0.2, 0) is 0 Å². The maximum Gasteiger partial charge on any atom is 0.148 e. The molecule has 2 rings (SSSR count). The second kappa shape index (κ2) is 2.88. The summed E-state index contributed by atoms with van der Waals surface area (Å²) in [6.07, 6.45) is 1.75. The van der Waals surface area contributed by atoms with Crippen LogP contribution in [0.2, 0.25) is 5.02 Å². The number of halogens is 3. The highest BCUT2D eigenvalue weighted by atomic mass is 127. The molecule has 0 atom stereocenters. The Morgan fingerprint density at radius 3 is 2.92 bits per heavy atom. The molecule has 0 aliphatic carbocycles. The Morgan fingerprint density at radius 1 is 1.42 bits per heavy atom. The minimum Gasteiger partial charge on any atom is -0.358 e. The number of fused-ring (bicyclic) bond motifs is 1. The van der Waals surface area contributed by atoms with E-state index in [-0.39, 0.29) is 5.82 Å². The van der Waals surface area contributed by atoms with Crippen LogP contribution in [0.1, 0.15) is 0 Å². The van der Waals surface area contributed by atoms with Gasteiger partial charge >= 0.3 is 0 Å². The molecule has 1 aromatic carbocycles. The van der Waals surface area contributed by atoms with E-state index in [4.69, 9.17) is 11.6 Å². The van der Waals surface area contributed by atoms with Crippen molar-refractivity contribution >= 4 is 45.1 Å². The van der Waals surface area contributed by atoms with Gasteiger partial charge in [-0.05, 0) is 34.7 Å². The van der Waals surface area contributed by atoms with E-state index < -0.39 is 0 Å². The summed E-state index contributed by atoms with van der Waals surface area (Å²) >= 11 is 7.83. The Hall–Kier alpha value is -0.290. The number of hydrogen-bond acceptors (Lipinski definition) is 0. The van der Waals surface area contributed by atoms with E-state index in [1.54, 1.807) is 12.3 Å². The fourth-order valence-corrected chi connectivity index (χ4v) is 1.91. The fourth-order valence-electron chi connectivity index (χ4n) is 1.12. The molecule has 1 N–H and O–H groups in total. The summed E-state index contributed by atoms with van der Waals surface area (Å²) in [5, 5.41) is 1.26. The molecule has 12 heavy (non-hydrogen) atoms. The Bertz CT molecular complexity index is 438. The van der Waals surface area contributed by atoms with Crippen LogP contribution in [0, 0.1) is 9.39 Å². The van der Waals surface area contributed by atoms with Crippen molar-refractivity contribution in [2.45, 2.75) is 0 Å². The quantitative estimate of drug-likeness (QED) is 0.715. The third kappa shape index (κ3) is 1.21. The van der Waals surface area contributed by atoms with E-state index in [0.29, 0.717) is 10.5 Å². The van der Waals surface area contributed by atoms with Gasteiger partial charge in [0.2, 0.25) is 0 Å². The van der Waals surface area contributed by atoms with Crippen molar-refractivity contribution in [1.29, 1.82) is 0 Å². The molecule has 0 bridgehead atoms. The molecule has 0 spiro atoms. The van der Waals surface area contributed by atoms with Crippen LogP contribution in [0.4, 0.5) is 4.39 Å². The zero-order chi connectivity index (χ0) is 8.72. The first-order valence-corrected chi connectivity index (χ1v) is 4.76. The van der Waals surface area contributed by atoms with Crippen LogP contribution in [0.3, 0.4) is 0 Å². The molecule has 1 nitrogen and oxygen atoms in total. The highest BCUT2D eigenvalue weighted by Crippen LogP contribution is 2.25. The molecular formula is C8H4ClFIN. The molecule has 1 heterocycles. The van der Waals surface area contributed by atoms with Crippen LogP contribution < -0.4 is 0 Å². The summed E-state index contributed by atoms with van der Waals surface area (Å²) < 4.78 is 14.1. The highest BCUT2D eigenvalue weighted by Gasteiger charge is 2.06.